The van der Waals surface area contributed by atoms with Crippen LogP contribution in [0.25, 0.3) is 0 Å². The van der Waals surface area contributed by atoms with E-state index in [0.29, 0.717) is 31.2 Å². The van der Waals surface area contributed by atoms with Crippen molar-refractivity contribution in [2.75, 3.05) is 18.5 Å². The second kappa shape index (κ2) is 6.09. The second-order valence-electron chi connectivity index (χ2n) is 5.38. The standard InChI is InChI=1S/C16H18N2O4/c1-10(7-16(19)17-15-8-11(2)22-18-15)12-3-4-13-14(9-12)21-6-5-20-13/h3-4,8-10H,5-7H2,1-2H3,(H,17,18,19). The minimum atomic E-state index is -0.101. The zero-order valence-corrected chi connectivity index (χ0v) is 12.6. The summed E-state index contributed by atoms with van der Waals surface area (Å²) in [4.78, 5) is 12.0. The first-order valence-corrected chi connectivity index (χ1v) is 7.24. The number of hydrogen-bond donors (Lipinski definition) is 1. The topological polar surface area (TPSA) is 73.6 Å². The van der Waals surface area contributed by atoms with Gasteiger partial charge in [-0.3, -0.25) is 4.79 Å². The maximum absolute atomic E-state index is 12.0. The molecule has 1 aliphatic heterocycles. The number of anilines is 1. The van der Waals surface area contributed by atoms with E-state index >= 15 is 0 Å². The first-order valence-electron chi connectivity index (χ1n) is 7.24. The third kappa shape index (κ3) is 3.21. The van der Waals surface area contributed by atoms with Crippen molar-refractivity contribution in [3.8, 4) is 11.5 Å². The number of nitrogens with one attached hydrogen (secondary N) is 1. The summed E-state index contributed by atoms with van der Waals surface area (Å²) in [6.45, 7) is 4.90. The van der Waals surface area contributed by atoms with Gasteiger partial charge >= 0.3 is 0 Å². The highest BCUT2D eigenvalue weighted by atomic mass is 16.6. The van der Waals surface area contributed by atoms with Gasteiger partial charge in [0.05, 0.1) is 0 Å². The van der Waals surface area contributed by atoms with Crippen LogP contribution < -0.4 is 14.8 Å². The Morgan fingerprint density at radius 2 is 2.05 bits per heavy atom. The summed E-state index contributed by atoms with van der Waals surface area (Å²) in [5.41, 5.74) is 1.04. The van der Waals surface area contributed by atoms with Crippen molar-refractivity contribution in [3.05, 3.63) is 35.6 Å². The Kier molecular flexibility index (Phi) is 4.00. The Bertz CT molecular complexity index is 681. The Balaban J connectivity index is 1.63. The molecule has 1 atom stereocenters. The van der Waals surface area contributed by atoms with E-state index in [1.807, 2.05) is 25.1 Å². The Morgan fingerprint density at radius 3 is 2.77 bits per heavy atom. The van der Waals surface area contributed by atoms with Crippen LogP contribution in [0.2, 0.25) is 0 Å². The van der Waals surface area contributed by atoms with E-state index in [0.717, 1.165) is 17.1 Å². The van der Waals surface area contributed by atoms with Gasteiger partial charge in [-0.05, 0) is 30.5 Å². The molecule has 1 N–H and O–H groups in total. The maximum Gasteiger partial charge on any atom is 0.226 e. The van der Waals surface area contributed by atoms with Crippen LogP contribution in [-0.2, 0) is 4.79 Å². The normalized spacial score (nSPS) is 14.5. The van der Waals surface area contributed by atoms with Crippen molar-refractivity contribution in [3.63, 3.8) is 0 Å². The van der Waals surface area contributed by atoms with E-state index in [4.69, 9.17) is 14.0 Å². The maximum atomic E-state index is 12.0. The van der Waals surface area contributed by atoms with Crippen LogP contribution in [0.1, 0.15) is 30.6 Å². The van der Waals surface area contributed by atoms with Crippen molar-refractivity contribution in [1.82, 2.24) is 5.16 Å². The molecule has 6 nitrogen and oxygen atoms in total. The number of hydrogen-bond acceptors (Lipinski definition) is 5. The van der Waals surface area contributed by atoms with Gasteiger partial charge in [0.25, 0.3) is 0 Å². The summed E-state index contributed by atoms with van der Waals surface area (Å²) < 4.78 is 16.0. The molecule has 1 amide bonds. The summed E-state index contributed by atoms with van der Waals surface area (Å²) in [6, 6.07) is 7.48. The molecule has 22 heavy (non-hydrogen) atoms. The quantitative estimate of drug-likeness (QED) is 0.940. The van der Waals surface area contributed by atoms with Crippen LogP contribution in [0.3, 0.4) is 0 Å². The molecule has 0 saturated heterocycles. The highest BCUT2D eigenvalue weighted by molar-refractivity contribution is 5.90. The Morgan fingerprint density at radius 1 is 1.27 bits per heavy atom. The average molecular weight is 302 g/mol. The number of rotatable bonds is 4. The van der Waals surface area contributed by atoms with Gasteiger partial charge in [-0.1, -0.05) is 18.1 Å². The summed E-state index contributed by atoms with van der Waals surface area (Å²) >= 11 is 0. The Labute approximate surface area is 128 Å². The summed E-state index contributed by atoms with van der Waals surface area (Å²) in [5.74, 6) is 2.56. The first kappa shape index (κ1) is 14.4. The van der Waals surface area contributed by atoms with Gasteiger partial charge < -0.3 is 19.3 Å². The number of benzene rings is 1. The minimum Gasteiger partial charge on any atom is -0.486 e. The van der Waals surface area contributed by atoms with E-state index in [1.54, 1.807) is 13.0 Å². The van der Waals surface area contributed by atoms with Crippen molar-refractivity contribution >= 4 is 11.7 Å². The lowest BCUT2D eigenvalue weighted by atomic mass is 9.97. The largest absolute Gasteiger partial charge is 0.486 e. The molecule has 1 aromatic carbocycles. The molecule has 116 valence electrons. The molecule has 0 fully saturated rings. The lowest BCUT2D eigenvalue weighted by Gasteiger charge is -2.20. The van der Waals surface area contributed by atoms with Gasteiger partial charge in [-0.15, -0.1) is 0 Å². The van der Waals surface area contributed by atoms with Crippen molar-refractivity contribution in [2.24, 2.45) is 0 Å². The zero-order valence-electron chi connectivity index (χ0n) is 12.6. The van der Waals surface area contributed by atoms with E-state index in [1.165, 1.54) is 0 Å². The fraction of sp³-hybridized carbons (Fsp3) is 0.375. The number of nitrogens with zero attached hydrogens (tertiary/aromatic N) is 1. The van der Waals surface area contributed by atoms with Gasteiger partial charge in [0, 0.05) is 12.5 Å². The highest BCUT2D eigenvalue weighted by Gasteiger charge is 2.17. The molecule has 0 saturated carbocycles. The molecule has 2 heterocycles. The van der Waals surface area contributed by atoms with Gasteiger partial charge in [-0.2, -0.15) is 0 Å². The SMILES string of the molecule is Cc1cc(NC(=O)CC(C)c2ccc3c(c2)OCCO3)no1. The molecule has 0 aliphatic carbocycles. The average Bonchev–Trinajstić information content (AvgIpc) is 2.91. The predicted molar refractivity (Wildman–Crippen MR) is 80.3 cm³/mol. The molecule has 6 heteroatoms. The van der Waals surface area contributed by atoms with Crippen molar-refractivity contribution in [1.29, 1.82) is 0 Å². The van der Waals surface area contributed by atoms with Crippen LogP contribution in [0.5, 0.6) is 11.5 Å². The van der Waals surface area contributed by atoms with Crippen LogP contribution in [-0.4, -0.2) is 24.3 Å². The van der Waals surface area contributed by atoms with Crippen LogP contribution in [0.4, 0.5) is 5.82 Å². The molecule has 1 aromatic heterocycles. The molecule has 3 rings (SSSR count). The smallest absolute Gasteiger partial charge is 0.226 e. The van der Waals surface area contributed by atoms with Crippen LogP contribution >= 0.6 is 0 Å². The van der Waals surface area contributed by atoms with Crippen molar-refractivity contribution in [2.45, 2.75) is 26.2 Å². The fourth-order valence-electron chi connectivity index (χ4n) is 2.38. The van der Waals surface area contributed by atoms with Gasteiger partial charge in [0.2, 0.25) is 5.91 Å². The molecule has 0 spiro atoms. The zero-order chi connectivity index (χ0) is 15.5. The molecule has 1 aliphatic rings. The third-order valence-electron chi connectivity index (χ3n) is 3.52. The minimum absolute atomic E-state index is 0.0591. The number of aromatic nitrogens is 1. The monoisotopic (exact) mass is 302 g/mol. The molecule has 1 unspecified atom stereocenters. The summed E-state index contributed by atoms with van der Waals surface area (Å²) in [6.07, 6.45) is 0.353. The van der Waals surface area contributed by atoms with Gasteiger partial charge in [0.1, 0.15) is 19.0 Å². The number of carbonyl (C=O) groups is 1. The van der Waals surface area contributed by atoms with E-state index in [2.05, 4.69) is 10.5 Å². The van der Waals surface area contributed by atoms with E-state index in [9.17, 15) is 4.79 Å². The van der Waals surface area contributed by atoms with E-state index in [-0.39, 0.29) is 11.8 Å². The van der Waals surface area contributed by atoms with Crippen molar-refractivity contribution < 1.29 is 18.8 Å². The number of fused-ring (bicyclic) bond motifs is 1. The number of amides is 1. The first-order chi connectivity index (χ1) is 10.6. The van der Waals surface area contributed by atoms with Crippen LogP contribution in [0, 0.1) is 6.92 Å². The summed E-state index contributed by atoms with van der Waals surface area (Å²) in [5, 5.41) is 6.48. The van der Waals surface area contributed by atoms with E-state index < -0.39 is 0 Å². The molecule has 2 aromatic rings. The molecular weight excluding hydrogens is 284 g/mol. The number of ether oxygens (including phenoxy) is 2. The van der Waals surface area contributed by atoms with Gasteiger partial charge in [-0.25, -0.2) is 0 Å². The summed E-state index contributed by atoms with van der Waals surface area (Å²) in [7, 11) is 0. The molecule has 0 radical (unpaired) electrons. The molecule has 0 bridgehead atoms. The number of aryl methyl sites for hydroxylation is 1. The third-order valence-corrected chi connectivity index (χ3v) is 3.52. The lowest BCUT2D eigenvalue weighted by Crippen LogP contribution is -2.16. The second-order valence-corrected chi connectivity index (χ2v) is 5.38. The highest BCUT2D eigenvalue weighted by Crippen LogP contribution is 2.33. The Hall–Kier alpha value is -2.50. The number of carbonyl (C=O) groups excluding carboxylic acids is 1. The lowest BCUT2D eigenvalue weighted by molar-refractivity contribution is -0.116. The van der Waals surface area contributed by atoms with Crippen LogP contribution in [0.15, 0.2) is 28.8 Å². The fourth-order valence-corrected chi connectivity index (χ4v) is 2.38. The molecular formula is C16H18N2O4. The van der Waals surface area contributed by atoms with Gasteiger partial charge in [0.15, 0.2) is 17.3 Å². The predicted octanol–water partition coefficient (Wildman–Crippen LogP) is 2.89.